The highest BCUT2D eigenvalue weighted by Gasteiger charge is 2.23. The number of aryl methyl sites for hydroxylation is 1. The molecule has 1 fully saturated rings. The topological polar surface area (TPSA) is 81.1 Å². The monoisotopic (exact) mass is 514 g/mol. The van der Waals surface area contributed by atoms with Crippen molar-refractivity contribution in [3.63, 3.8) is 0 Å². The molecule has 8 heteroatoms. The van der Waals surface area contributed by atoms with Crippen LogP contribution in [0.3, 0.4) is 0 Å². The number of hydrogen-bond acceptors (Lipinski definition) is 4. The van der Waals surface area contributed by atoms with Gasteiger partial charge in [-0.15, -0.1) is 34.2 Å². The van der Waals surface area contributed by atoms with Gasteiger partial charge in [-0.3, -0.25) is 4.99 Å². The predicted octanol–water partition coefficient (Wildman–Crippen LogP) is 3.81. The third kappa shape index (κ3) is 6.65. The average molecular weight is 514 g/mol. The Kier molecular flexibility index (Phi) is 10.1. The highest BCUT2D eigenvalue weighted by molar-refractivity contribution is 14.0. The van der Waals surface area contributed by atoms with E-state index >= 15 is 0 Å². The molecule has 1 heterocycles. The summed E-state index contributed by atoms with van der Waals surface area (Å²) in [4.78, 5) is 4.45. The van der Waals surface area contributed by atoms with Crippen molar-refractivity contribution >= 4 is 41.7 Å². The van der Waals surface area contributed by atoms with E-state index < -0.39 is 0 Å². The lowest BCUT2D eigenvalue weighted by Gasteiger charge is -2.16. The Balaban J connectivity index is 0.00000280. The van der Waals surface area contributed by atoms with Gasteiger partial charge >= 0.3 is 0 Å². The molecule has 0 atom stereocenters. The molecule has 0 aliphatic heterocycles. The molecule has 2 aromatic rings. The number of nitrogens with one attached hydrogen (secondary N) is 1. The fourth-order valence-corrected chi connectivity index (χ4v) is 4.19. The van der Waals surface area contributed by atoms with Crippen LogP contribution in [0.25, 0.3) is 0 Å². The van der Waals surface area contributed by atoms with Gasteiger partial charge in [-0.05, 0) is 37.5 Å². The first-order chi connectivity index (χ1) is 13.3. The fraction of sp³-hybridized carbons (Fsp3) is 0.550. The van der Waals surface area contributed by atoms with Gasteiger partial charge in [-0.25, -0.2) is 0 Å². The van der Waals surface area contributed by atoms with E-state index in [1.165, 1.54) is 31.2 Å². The minimum Gasteiger partial charge on any atom is -0.370 e. The summed E-state index contributed by atoms with van der Waals surface area (Å²) in [6.45, 7) is 1.50. The number of halogens is 1. The summed E-state index contributed by atoms with van der Waals surface area (Å²) in [6.07, 6.45) is 9.96. The second-order valence-electron chi connectivity index (χ2n) is 6.94. The van der Waals surface area contributed by atoms with Gasteiger partial charge in [0.05, 0.1) is 0 Å². The lowest BCUT2D eigenvalue weighted by Crippen LogP contribution is -2.33. The highest BCUT2D eigenvalue weighted by atomic mass is 127. The first kappa shape index (κ1) is 23.0. The smallest absolute Gasteiger partial charge is 0.191 e. The van der Waals surface area contributed by atoms with Crippen molar-refractivity contribution < 1.29 is 0 Å². The maximum Gasteiger partial charge on any atom is 0.191 e. The molecule has 0 radical (unpaired) electrons. The molecule has 0 bridgehead atoms. The summed E-state index contributed by atoms with van der Waals surface area (Å²) in [7, 11) is 0. The van der Waals surface area contributed by atoms with Crippen LogP contribution in [0.1, 0.15) is 49.5 Å². The molecular weight excluding hydrogens is 483 g/mol. The van der Waals surface area contributed by atoms with E-state index in [1.807, 2.05) is 6.07 Å². The van der Waals surface area contributed by atoms with Crippen LogP contribution in [0.15, 0.2) is 40.5 Å². The number of aromatic nitrogens is 3. The summed E-state index contributed by atoms with van der Waals surface area (Å²) in [6, 6.07) is 11.0. The SMILES string of the molecule is CSc1nnc(CCCN=C(N)NCCc2ccccc2)n1C1CCCC1.I. The van der Waals surface area contributed by atoms with Gasteiger partial charge in [0.1, 0.15) is 5.82 Å². The third-order valence-corrected chi connectivity index (χ3v) is 5.65. The van der Waals surface area contributed by atoms with E-state index in [0.29, 0.717) is 18.5 Å². The fourth-order valence-electron chi connectivity index (χ4n) is 3.62. The van der Waals surface area contributed by atoms with Crippen molar-refractivity contribution in [1.82, 2.24) is 20.1 Å². The lowest BCUT2D eigenvalue weighted by atomic mass is 10.1. The molecule has 1 aromatic heterocycles. The average Bonchev–Trinajstić information content (AvgIpc) is 3.35. The maximum atomic E-state index is 5.97. The van der Waals surface area contributed by atoms with E-state index in [1.54, 1.807) is 11.8 Å². The molecule has 6 nitrogen and oxygen atoms in total. The zero-order valence-corrected chi connectivity index (χ0v) is 19.7. The summed E-state index contributed by atoms with van der Waals surface area (Å²) in [5, 5.41) is 13.0. The van der Waals surface area contributed by atoms with Crippen molar-refractivity contribution in [2.45, 2.75) is 56.1 Å². The minimum atomic E-state index is 0. The number of thioether (sulfide) groups is 1. The number of guanidine groups is 1. The summed E-state index contributed by atoms with van der Waals surface area (Å²) < 4.78 is 2.36. The van der Waals surface area contributed by atoms with Gasteiger partial charge in [0.2, 0.25) is 0 Å². The third-order valence-electron chi connectivity index (χ3n) is 5.01. The Morgan fingerprint density at radius 3 is 2.68 bits per heavy atom. The van der Waals surface area contributed by atoms with Crippen molar-refractivity contribution in [1.29, 1.82) is 0 Å². The number of benzene rings is 1. The van der Waals surface area contributed by atoms with Crippen molar-refractivity contribution in [2.24, 2.45) is 10.7 Å². The molecule has 3 N–H and O–H groups in total. The Morgan fingerprint density at radius 2 is 1.96 bits per heavy atom. The normalized spacial score (nSPS) is 14.8. The van der Waals surface area contributed by atoms with Crippen LogP contribution >= 0.6 is 35.7 Å². The van der Waals surface area contributed by atoms with Crippen molar-refractivity contribution in [3.05, 3.63) is 41.7 Å². The number of aliphatic imine (C=N–C) groups is 1. The molecule has 1 aromatic carbocycles. The van der Waals surface area contributed by atoms with Crippen LogP contribution in [-0.2, 0) is 12.8 Å². The van der Waals surface area contributed by atoms with Gasteiger partial charge in [0.25, 0.3) is 0 Å². The summed E-state index contributed by atoms with van der Waals surface area (Å²) in [5.74, 6) is 1.62. The maximum absolute atomic E-state index is 5.97. The Bertz CT molecular complexity index is 728. The number of rotatable bonds is 9. The molecule has 3 rings (SSSR count). The molecule has 1 aliphatic carbocycles. The van der Waals surface area contributed by atoms with E-state index in [4.69, 9.17) is 5.73 Å². The van der Waals surface area contributed by atoms with Crippen LogP contribution in [0.4, 0.5) is 0 Å². The van der Waals surface area contributed by atoms with Crippen molar-refractivity contribution in [2.75, 3.05) is 19.3 Å². The molecule has 0 amide bonds. The number of nitrogens with two attached hydrogens (primary N) is 1. The van der Waals surface area contributed by atoms with Crippen molar-refractivity contribution in [3.8, 4) is 0 Å². The summed E-state index contributed by atoms with van der Waals surface area (Å²) in [5.41, 5.74) is 7.27. The second kappa shape index (κ2) is 12.3. The minimum absolute atomic E-state index is 0. The molecule has 0 saturated heterocycles. The molecule has 1 aliphatic rings. The Morgan fingerprint density at radius 1 is 1.21 bits per heavy atom. The lowest BCUT2D eigenvalue weighted by molar-refractivity contribution is 0.461. The quantitative estimate of drug-likeness (QED) is 0.175. The highest BCUT2D eigenvalue weighted by Crippen LogP contribution is 2.33. The first-order valence-corrected chi connectivity index (χ1v) is 11.1. The zero-order chi connectivity index (χ0) is 18.9. The van der Waals surface area contributed by atoms with Crippen LogP contribution in [0.5, 0.6) is 0 Å². The van der Waals surface area contributed by atoms with E-state index in [-0.39, 0.29) is 24.0 Å². The van der Waals surface area contributed by atoms with E-state index in [0.717, 1.165) is 36.8 Å². The van der Waals surface area contributed by atoms with Crippen LogP contribution < -0.4 is 11.1 Å². The largest absolute Gasteiger partial charge is 0.370 e. The van der Waals surface area contributed by atoms with Crippen LogP contribution in [-0.4, -0.2) is 40.1 Å². The van der Waals surface area contributed by atoms with Gasteiger partial charge in [-0.1, -0.05) is 54.9 Å². The zero-order valence-electron chi connectivity index (χ0n) is 16.5. The number of hydrogen-bond donors (Lipinski definition) is 2. The molecule has 154 valence electrons. The Hall–Kier alpha value is -1.29. The standard InChI is InChI=1S/C20H30N6S.HI/c1-27-20-25-24-18(26(20)17-10-5-6-11-17)12-7-14-22-19(21)23-15-13-16-8-3-2-4-9-16;/h2-4,8-9,17H,5-7,10-15H2,1H3,(H3,21,22,23);1H. The molecule has 0 spiro atoms. The Labute approximate surface area is 189 Å². The van der Waals surface area contributed by atoms with Gasteiger partial charge in [-0.2, -0.15) is 0 Å². The molecule has 1 saturated carbocycles. The second-order valence-corrected chi connectivity index (χ2v) is 7.72. The molecule has 0 unspecified atom stereocenters. The molecule has 28 heavy (non-hydrogen) atoms. The van der Waals surface area contributed by atoms with Crippen LogP contribution in [0.2, 0.25) is 0 Å². The number of nitrogens with zero attached hydrogens (tertiary/aromatic N) is 4. The summed E-state index contributed by atoms with van der Waals surface area (Å²) >= 11 is 1.69. The van der Waals surface area contributed by atoms with Gasteiger partial charge in [0, 0.05) is 25.6 Å². The predicted molar refractivity (Wildman–Crippen MR) is 128 cm³/mol. The van der Waals surface area contributed by atoms with E-state index in [9.17, 15) is 0 Å². The van der Waals surface area contributed by atoms with Gasteiger partial charge in [0.15, 0.2) is 11.1 Å². The van der Waals surface area contributed by atoms with E-state index in [2.05, 4.69) is 55.6 Å². The van der Waals surface area contributed by atoms with Gasteiger partial charge < -0.3 is 15.6 Å². The van der Waals surface area contributed by atoms with Crippen LogP contribution in [0, 0.1) is 0 Å². The first-order valence-electron chi connectivity index (χ1n) is 9.83. The molecular formula is C20H31IN6S.